The molecule has 10 heteroatoms. The molecule has 2 aromatic heterocycles. The number of carbonyl (C=O) groups is 2. The topological polar surface area (TPSA) is 129 Å². The van der Waals surface area contributed by atoms with Crippen LogP contribution in [-0.4, -0.2) is 38.2 Å². The van der Waals surface area contributed by atoms with Crippen molar-refractivity contribution in [3.63, 3.8) is 0 Å². The zero-order chi connectivity index (χ0) is 20.0. The molecule has 3 atom stereocenters. The highest BCUT2D eigenvalue weighted by molar-refractivity contribution is 7.83. The Morgan fingerprint density at radius 1 is 1.31 bits per heavy atom. The van der Waals surface area contributed by atoms with Gasteiger partial charge >= 0.3 is 6.03 Å². The highest BCUT2D eigenvalue weighted by Gasteiger charge is 2.50. The van der Waals surface area contributed by atoms with Gasteiger partial charge in [0, 0.05) is 11.9 Å². The van der Waals surface area contributed by atoms with E-state index in [9.17, 15) is 13.8 Å². The fraction of sp³-hybridized carbons (Fsp3) is 0.316. The van der Waals surface area contributed by atoms with Crippen molar-refractivity contribution in [2.24, 2.45) is 5.92 Å². The number of nitrogens with one attached hydrogen (secondary N) is 4. The molecule has 4 N–H and O–H groups in total. The molecule has 5 rings (SSSR count). The summed E-state index contributed by atoms with van der Waals surface area (Å²) in [7, 11) is -1.48. The molecule has 0 radical (unpaired) electrons. The van der Waals surface area contributed by atoms with Gasteiger partial charge in [-0.15, -0.1) is 0 Å². The van der Waals surface area contributed by atoms with Gasteiger partial charge in [-0.05, 0) is 37.3 Å². The molecule has 0 bridgehead atoms. The average Bonchev–Trinajstić information content (AvgIpc) is 3.46. The average molecular weight is 413 g/mol. The summed E-state index contributed by atoms with van der Waals surface area (Å²) in [5, 5.41) is 6.44. The van der Waals surface area contributed by atoms with Crippen LogP contribution in [0.4, 0.5) is 4.79 Å². The maximum Gasteiger partial charge on any atom is 0.322 e. The third-order valence-electron chi connectivity index (χ3n) is 5.55. The molecule has 1 aromatic carbocycles. The van der Waals surface area contributed by atoms with E-state index in [-0.39, 0.29) is 11.8 Å². The van der Waals surface area contributed by atoms with E-state index in [4.69, 9.17) is 4.42 Å². The molecule has 3 amide bonds. The first-order valence-electron chi connectivity index (χ1n) is 9.35. The summed E-state index contributed by atoms with van der Waals surface area (Å²) in [6.45, 7) is 0.469. The van der Waals surface area contributed by atoms with E-state index in [0.29, 0.717) is 36.0 Å². The van der Waals surface area contributed by atoms with Crippen LogP contribution in [0.2, 0.25) is 0 Å². The number of furan rings is 1. The molecule has 1 spiro atoms. The maximum absolute atomic E-state index is 12.6. The first kappa shape index (κ1) is 18.1. The third-order valence-corrected chi connectivity index (χ3v) is 6.58. The van der Waals surface area contributed by atoms with Gasteiger partial charge in [0.1, 0.15) is 27.1 Å². The fourth-order valence-electron chi connectivity index (χ4n) is 4.06. The van der Waals surface area contributed by atoms with Crippen molar-refractivity contribution in [1.29, 1.82) is 0 Å². The summed E-state index contributed by atoms with van der Waals surface area (Å²) in [5.41, 5.74) is -0.0502. The van der Waals surface area contributed by atoms with Gasteiger partial charge < -0.3 is 14.7 Å². The molecule has 1 saturated carbocycles. The van der Waals surface area contributed by atoms with Crippen molar-refractivity contribution in [3.05, 3.63) is 36.5 Å². The summed E-state index contributed by atoms with van der Waals surface area (Å²) in [5.74, 6) is 0.961. The Bertz CT molecular complexity index is 1110. The van der Waals surface area contributed by atoms with E-state index in [1.807, 2.05) is 30.3 Å². The quantitative estimate of drug-likeness (QED) is 0.474. The Morgan fingerprint density at radius 3 is 2.97 bits per heavy atom. The second kappa shape index (κ2) is 6.82. The summed E-state index contributed by atoms with van der Waals surface area (Å²) < 4.78 is 21.4. The second-order valence-corrected chi connectivity index (χ2v) is 8.73. The van der Waals surface area contributed by atoms with Gasteiger partial charge in [-0.1, -0.05) is 18.2 Å². The number of benzene rings is 1. The molecule has 3 unspecified atom stereocenters. The summed E-state index contributed by atoms with van der Waals surface area (Å²) in [4.78, 5) is 30.8. The Hall–Kier alpha value is -2.98. The van der Waals surface area contributed by atoms with Crippen molar-refractivity contribution in [1.82, 2.24) is 25.3 Å². The molecular formula is C19H19N5O4S. The third kappa shape index (κ3) is 3.23. The van der Waals surface area contributed by atoms with E-state index in [1.165, 1.54) is 6.20 Å². The van der Waals surface area contributed by atoms with Crippen LogP contribution >= 0.6 is 0 Å². The number of para-hydroxylation sites is 1. The van der Waals surface area contributed by atoms with Crippen molar-refractivity contribution in [3.8, 4) is 11.6 Å². The van der Waals surface area contributed by atoms with E-state index in [0.717, 1.165) is 17.4 Å². The van der Waals surface area contributed by atoms with Crippen LogP contribution in [0.1, 0.15) is 19.3 Å². The minimum atomic E-state index is -1.48. The Labute approximate surface area is 168 Å². The first-order chi connectivity index (χ1) is 14.0. The molecule has 9 nitrogen and oxygen atoms in total. The van der Waals surface area contributed by atoms with Gasteiger partial charge in [0.25, 0.3) is 5.91 Å². The smallest absolute Gasteiger partial charge is 0.322 e. The van der Waals surface area contributed by atoms with Crippen LogP contribution in [0.3, 0.4) is 0 Å². The normalized spacial score (nSPS) is 24.9. The van der Waals surface area contributed by atoms with E-state index in [1.54, 1.807) is 0 Å². The minimum absolute atomic E-state index is 0.140. The Kier molecular flexibility index (Phi) is 4.25. The molecule has 2 fully saturated rings. The molecule has 1 saturated heterocycles. The first-order valence-corrected chi connectivity index (χ1v) is 10.5. The van der Waals surface area contributed by atoms with Crippen LogP contribution < -0.4 is 15.4 Å². The van der Waals surface area contributed by atoms with E-state index in [2.05, 4.69) is 25.3 Å². The fourth-order valence-corrected chi connectivity index (χ4v) is 4.94. The molecule has 1 aliphatic heterocycles. The number of imidazole rings is 1. The number of aromatic nitrogens is 2. The number of amides is 3. The number of hydrogen-bond donors (Lipinski definition) is 4. The molecule has 1 aliphatic carbocycles. The highest BCUT2D eigenvalue weighted by atomic mass is 32.2. The van der Waals surface area contributed by atoms with E-state index < -0.39 is 22.6 Å². The van der Waals surface area contributed by atoms with Gasteiger partial charge in [-0.3, -0.25) is 10.1 Å². The molecule has 3 aromatic rings. The number of imide groups is 1. The SMILES string of the molecule is O=C1NC(=O)C2(CCC(CNS(=O)c3cnc(-c4cc5ccccc5o4)[nH]3)C2)N1. The summed E-state index contributed by atoms with van der Waals surface area (Å²) >= 11 is 0. The maximum atomic E-state index is 12.6. The zero-order valence-corrected chi connectivity index (χ0v) is 16.2. The molecule has 150 valence electrons. The minimum Gasteiger partial charge on any atom is -0.453 e. The van der Waals surface area contributed by atoms with E-state index >= 15 is 0 Å². The lowest BCUT2D eigenvalue weighted by atomic mass is 9.96. The van der Waals surface area contributed by atoms with Gasteiger partial charge in [0.05, 0.1) is 6.20 Å². The van der Waals surface area contributed by atoms with Gasteiger partial charge in [-0.25, -0.2) is 18.7 Å². The van der Waals surface area contributed by atoms with Crippen molar-refractivity contribution < 1.29 is 18.2 Å². The zero-order valence-electron chi connectivity index (χ0n) is 15.4. The van der Waals surface area contributed by atoms with Crippen LogP contribution in [0, 0.1) is 5.92 Å². The number of H-pyrrole nitrogens is 1. The van der Waals surface area contributed by atoms with Crippen molar-refractivity contribution >= 4 is 33.9 Å². The standard InChI is InChI=1S/C19H19N5O4S/c25-17-19(24-18(26)23-17)6-5-11(8-19)9-21-29(27)15-10-20-16(22-15)14-7-12-3-1-2-4-13(12)28-14/h1-4,7,10-11,21H,5-6,8-9H2,(H,20,22)(H2,23,24,25,26). The summed E-state index contributed by atoms with van der Waals surface area (Å²) in [6.07, 6.45) is 3.41. The van der Waals surface area contributed by atoms with Crippen LogP contribution in [0.5, 0.6) is 0 Å². The number of aromatic amines is 1. The second-order valence-electron chi connectivity index (χ2n) is 7.46. The van der Waals surface area contributed by atoms with Crippen LogP contribution in [0.25, 0.3) is 22.6 Å². The summed E-state index contributed by atoms with van der Waals surface area (Å²) in [6, 6.07) is 9.10. The number of fused-ring (bicyclic) bond motifs is 1. The molecule has 3 heterocycles. The predicted octanol–water partition coefficient (Wildman–Crippen LogP) is 1.81. The Balaban J connectivity index is 1.22. The molecule has 29 heavy (non-hydrogen) atoms. The lowest BCUT2D eigenvalue weighted by Gasteiger charge is -2.19. The number of nitrogens with zero attached hydrogens (tertiary/aromatic N) is 1. The number of carbonyl (C=O) groups excluding carboxylic acids is 2. The lowest BCUT2D eigenvalue weighted by molar-refractivity contribution is -0.123. The van der Waals surface area contributed by atoms with Crippen LogP contribution in [0.15, 0.2) is 46.0 Å². The predicted molar refractivity (Wildman–Crippen MR) is 105 cm³/mol. The van der Waals surface area contributed by atoms with Crippen LogP contribution in [-0.2, 0) is 15.8 Å². The molecular weight excluding hydrogens is 394 g/mol. The number of urea groups is 1. The number of rotatable bonds is 5. The van der Waals surface area contributed by atoms with Gasteiger partial charge in [0.2, 0.25) is 0 Å². The largest absolute Gasteiger partial charge is 0.453 e. The number of hydrogen-bond acceptors (Lipinski definition) is 5. The monoisotopic (exact) mass is 413 g/mol. The highest BCUT2D eigenvalue weighted by Crippen LogP contribution is 2.36. The Morgan fingerprint density at radius 2 is 2.17 bits per heavy atom. The molecule has 2 aliphatic rings. The van der Waals surface area contributed by atoms with Crippen molar-refractivity contribution in [2.45, 2.75) is 29.8 Å². The lowest BCUT2D eigenvalue weighted by Crippen LogP contribution is -2.44. The van der Waals surface area contributed by atoms with Gasteiger partial charge in [-0.2, -0.15) is 0 Å². The van der Waals surface area contributed by atoms with Crippen molar-refractivity contribution in [2.75, 3.05) is 6.54 Å². The van der Waals surface area contributed by atoms with Gasteiger partial charge in [0.15, 0.2) is 11.6 Å².